The average Bonchev–Trinajstić information content (AvgIpc) is 3.01. The lowest BCUT2D eigenvalue weighted by Crippen LogP contribution is -2.31. The van der Waals surface area contributed by atoms with Crippen LogP contribution in [0, 0.1) is 20.8 Å². The molecule has 25 heavy (non-hydrogen) atoms. The minimum atomic E-state index is -4.52. The number of halogens is 3. The number of hydrogen-bond acceptors (Lipinski definition) is 3. The zero-order valence-electron chi connectivity index (χ0n) is 15.0. The highest BCUT2D eigenvalue weighted by molar-refractivity contribution is 5.75. The largest absolute Gasteiger partial charge is 0.435 e. The quantitative estimate of drug-likeness (QED) is 0.827. The van der Waals surface area contributed by atoms with Crippen LogP contribution in [-0.4, -0.2) is 37.4 Å². The summed E-state index contributed by atoms with van der Waals surface area (Å²) in [6.07, 6.45) is -4.52. The number of nitrogens with zero attached hydrogens (tertiary/aromatic N) is 5. The van der Waals surface area contributed by atoms with Crippen molar-refractivity contribution >= 4 is 5.91 Å². The molecule has 0 aliphatic carbocycles. The molecule has 2 rings (SSSR count). The summed E-state index contributed by atoms with van der Waals surface area (Å²) in [5, 5.41) is 7.90. The van der Waals surface area contributed by atoms with Crippen LogP contribution in [0.1, 0.15) is 35.3 Å². The van der Waals surface area contributed by atoms with Gasteiger partial charge in [0.25, 0.3) is 0 Å². The Balaban J connectivity index is 2.11. The maximum Gasteiger partial charge on any atom is 0.435 e. The van der Waals surface area contributed by atoms with E-state index in [1.54, 1.807) is 7.05 Å². The number of carbonyl (C=O) groups excluding carboxylic acids is 1. The van der Waals surface area contributed by atoms with Crippen molar-refractivity contribution in [3.05, 3.63) is 34.4 Å². The summed E-state index contributed by atoms with van der Waals surface area (Å²) < 4.78 is 41.1. The van der Waals surface area contributed by atoms with Crippen molar-refractivity contribution in [3.8, 4) is 0 Å². The van der Waals surface area contributed by atoms with Crippen LogP contribution < -0.4 is 0 Å². The molecule has 0 aromatic carbocycles. The lowest BCUT2D eigenvalue weighted by molar-refractivity contribution is -0.142. The molecule has 0 fully saturated rings. The smallest absolute Gasteiger partial charge is 0.340 e. The van der Waals surface area contributed by atoms with E-state index in [1.807, 2.05) is 25.5 Å². The van der Waals surface area contributed by atoms with Gasteiger partial charge in [-0.15, -0.1) is 0 Å². The molecule has 0 N–H and O–H groups in total. The number of aryl methyl sites for hydroxylation is 3. The van der Waals surface area contributed by atoms with E-state index in [-0.39, 0.29) is 12.5 Å². The summed E-state index contributed by atoms with van der Waals surface area (Å²) in [7, 11) is 1.62. The molecule has 138 valence electrons. The Morgan fingerprint density at radius 2 is 1.84 bits per heavy atom. The van der Waals surface area contributed by atoms with E-state index in [0.29, 0.717) is 12.2 Å². The van der Waals surface area contributed by atoms with Crippen molar-refractivity contribution in [2.24, 2.45) is 0 Å². The standard InChI is InChI=1S/C16H22F3N5O/c1-6-23-12(4)13(11(3)20-23)8-22(5)15(25)9-24-10(2)7-14(21-24)16(17,18)19/h7H,6,8-9H2,1-5H3. The first kappa shape index (κ1) is 19.0. The van der Waals surface area contributed by atoms with Crippen LogP contribution >= 0.6 is 0 Å². The van der Waals surface area contributed by atoms with Gasteiger partial charge >= 0.3 is 6.18 Å². The highest BCUT2D eigenvalue weighted by Crippen LogP contribution is 2.28. The molecule has 0 bridgehead atoms. The predicted octanol–water partition coefficient (Wildman–Crippen LogP) is 2.70. The molecule has 2 aromatic heterocycles. The molecule has 0 radical (unpaired) electrons. The van der Waals surface area contributed by atoms with Gasteiger partial charge in [0.2, 0.25) is 5.91 Å². The number of amides is 1. The van der Waals surface area contributed by atoms with E-state index in [9.17, 15) is 18.0 Å². The van der Waals surface area contributed by atoms with Crippen LogP contribution in [0.25, 0.3) is 0 Å². The van der Waals surface area contributed by atoms with Gasteiger partial charge in [-0.2, -0.15) is 23.4 Å². The number of alkyl halides is 3. The second-order valence-electron chi connectivity index (χ2n) is 6.04. The molecule has 0 aliphatic heterocycles. The molecule has 0 unspecified atom stereocenters. The van der Waals surface area contributed by atoms with Gasteiger partial charge in [-0.25, -0.2) is 0 Å². The second-order valence-corrected chi connectivity index (χ2v) is 6.04. The van der Waals surface area contributed by atoms with Crippen LogP contribution in [-0.2, 0) is 30.6 Å². The van der Waals surface area contributed by atoms with Crippen LogP contribution in [0.2, 0.25) is 0 Å². The molecular formula is C16H22F3N5O. The maximum atomic E-state index is 12.7. The van der Waals surface area contributed by atoms with Gasteiger partial charge in [0, 0.05) is 37.1 Å². The minimum Gasteiger partial charge on any atom is -0.340 e. The van der Waals surface area contributed by atoms with Crippen molar-refractivity contribution < 1.29 is 18.0 Å². The predicted molar refractivity (Wildman–Crippen MR) is 85.8 cm³/mol. The molecule has 2 aromatic rings. The van der Waals surface area contributed by atoms with Crippen LogP contribution in [0.4, 0.5) is 13.2 Å². The second kappa shape index (κ2) is 6.89. The Morgan fingerprint density at radius 3 is 2.32 bits per heavy atom. The van der Waals surface area contributed by atoms with Gasteiger partial charge in [0.1, 0.15) is 6.54 Å². The van der Waals surface area contributed by atoms with Crippen LogP contribution in [0.3, 0.4) is 0 Å². The number of rotatable bonds is 5. The van der Waals surface area contributed by atoms with Crippen molar-refractivity contribution in [2.45, 2.75) is 53.5 Å². The molecule has 0 saturated heterocycles. The Labute approximate surface area is 144 Å². The number of hydrogen-bond donors (Lipinski definition) is 0. The third-order valence-electron chi connectivity index (χ3n) is 4.21. The maximum absolute atomic E-state index is 12.7. The highest BCUT2D eigenvalue weighted by atomic mass is 19.4. The topological polar surface area (TPSA) is 56.0 Å². The third kappa shape index (κ3) is 4.02. The fourth-order valence-electron chi connectivity index (χ4n) is 2.65. The Morgan fingerprint density at radius 1 is 1.20 bits per heavy atom. The first-order valence-electron chi connectivity index (χ1n) is 7.93. The zero-order chi connectivity index (χ0) is 18.9. The summed E-state index contributed by atoms with van der Waals surface area (Å²) in [4.78, 5) is 13.9. The van der Waals surface area contributed by atoms with E-state index in [1.165, 1.54) is 11.8 Å². The van der Waals surface area contributed by atoms with Crippen molar-refractivity contribution in [2.75, 3.05) is 7.05 Å². The van der Waals surface area contributed by atoms with Crippen molar-refractivity contribution in [3.63, 3.8) is 0 Å². The van der Waals surface area contributed by atoms with Crippen molar-refractivity contribution in [1.29, 1.82) is 0 Å². The molecule has 0 atom stereocenters. The van der Waals surface area contributed by atoms with Crippen LogP contribution in [0.15, 0.2) is 6.07 Å². The molecule has 1 amide bonds. The van der Waals surface area contributed by atoms with E-state index in [2.05, 4.69) is 10.2 Å². The van der Waals surface area contributed by atoms with Gasteiger partial charge in [-0.05, 0) is 33.8 Å². The van der Waals surface area contributed by atoms with Gasteiger partial charge in [-0.1, -0.05) is 0 Å². The fraction of sp³-hybridized carbons (Fsp3) is 0.562. The molecular weight excluding hydrogens is 335 g/mol. The summed E-state index contributed by atoms with van der Waals surface area (Å²) in [6.45, 7) is 8.13. The summed E-state index contributed by atoms with van der Waals surface area (Å²) in [5.41, 5.74) is 2.07. The molecule has 6 nitrogen and oxygen atoms in total. The number of aromatic nitrogens is 4. The highest BCUT2D eigenvalue weighted by Gasteiger charge is 2.34. The van der Waals surface area contributed by atoms with Gasteiger partial charge in [-0.3, -0.25) is 14.2 Å². The van der Waals surface area contributed by atoms with Gasteiger partial charge in [0.15, 0.2) is 5.69 Å². The van der Waals surface area contributed by atoms with E-state index in [4.69, 9.17) is 0 Å². The molecule has 0 saturated carbocycles. The SMILES string of the molecule is CCn1nc(C)c(CN(C)C(=O)Cn2nc(C(F)(F)F)cc2C)c1C. The molecule has 0 spiro atoms. The van der Waals surface area contributed by atoms with Crippen LogP contribution in [0.5, 0.6) is 0 Å². The number of carbonyl (C=O) groups is 1. The molecule has 2 heterocycles. The fourth-order valence-corrected chi connectivity index (χ4v) is 2.65. The summed E-state index contributed by atoms with van der Waals surface area (Å²) in [6, 6.07) is 0.937. The lowest BCUT2D eigenvalue weighted by Gasteiger charge is -2.18. The number of likely N-dealkylation sites (N-methyl/N-ethyl adjacent to an activating group) is 1. The Hall–Kier alpha value is -2.32. The lowest BCUT2D eigenvalue weighted by atomic mass is 10.2. The average molecular weight is 357 g/mol. The monoisotopic (exact) mass is 357 g/mol. The van der Waals surface area contributed by atoms with E-state index in [0.717, 1.165) is 34.2 Å². The summed E-state index contributed by atoms with van der Waals surface area (Å²) >= 11 is 0. The molecule has 9 heteroatoms. The third-order valence-corrected chi connectivity index (χ3v) is 4.21. The van der Waals surface area contributed by atoms with Crippen molar-refractivity contribution in [1.82, 2.24) is 24.5 Å². The Bertz CT molecular complexity index is 776. The normalized spacial score (nSPS) is 11.8. The van der Waals surface area contributed by atoms with Gasteiger partial charge < -0.3 is 4.90 Å². The van der Waals surface area contributed by atoms with Gasteiger partial charge in [0.05, 0.1) is 5.69 Å². The first-order valence-corrected chi connectivity index (χ1v) is 7.93. The zero-order valence-corrected chi connectivity index (χ0v) is 15.0. The van der Waals surface area contributed by atoms with E-state index < -0.39 is 11.9 Å². The Kier molecular flexibility index (Phi) is 5.24. The minimum absolute atomic E-state index is 0.238. The molecule has 0 aliphatic rings. The summed E-state index contributed by atoms with van der Waals surface area (Å²) in [5.74, 6) is -0.317. The van der Waals surface area contributed by atoms with E-state index >= 15 is 0 Å². The first-order chi connectivity index (χ1) is 11.5.